The first-order valence-corrected chi connectivity index (χ1v) is 6.32. The summed E-state index contributed by atoms with van der Waals surface area (Å²) < 4.78 is 56.1. The Hall–Kier alpha value is -1.54. The van der Waals surface area contributed by atoms with Crippen molar-refractivity contribution in [3.8, 4) is 0 Å². The summed E-state index contributed by atoms with van der Waals surface area (Å²) in [4.78, 5) is 9.93. The van der Waals surface area contributed by atoms with Crippen molar-refractivity contribution in [2.75, 3.05) is 7.11 Å². The first kappa shape index (κ1) is 14.5. The van der Waals surface area contributed by atoms with Gasteiger partial charge in [-0.2, -0.15) is 4.72 Å². The average Bonchev–Trinajstić information content (AvgIpc) is 2.26. The molecule has 18 heavy (non-hydrogen) atoms. The van der Waals surface area contributed by atoms with E-state index in [2.05, 4.69) is 4.74 Å². The molecule has 0 amide bonds. The number of esters is 1. The third kappa shape index (κ3) is 3.02. The molecule has 1 N–H and O–H groups in total. The van der Waals surface area contributed by atoms with Gasteiger partial charge in [0.1, 0.15) is 17.7 Å². The molecule has 0 bridgehead atoms. The van der Waals surface area contributed by atoms with E-state index < -0.39 is 38.6 Å². The number of carbonyl (C=O) groups is 1. The summed E-state index contributed by atoms with van der Waals surface area (Å²) in [6.07, 6.45) is 0. The summed E-state index contributed by atoms with van der Waals surface area (Å²) in [5.74, 6) is -3.34. The molecule has 1 atom stereocenters. The molecule has 0 heterocycles. The van der Waals surface area contributed by atoms with Gasteiger partial charge < -0.3 is 4.74 Å². The maximum atomic E-state index is 13.3. The highest BCUT2D eigenvalue weighted by Crippen LogP contribution is 2.18. The highest BCUT2D eigenvalue weighted by atomic mass is 32.2. The van der Waals surface area contributed by atoms with Crippen LogP contribution in [0.1, 0.15) is 6.92 Å². The molecule has 0 saturated carbocycles. The second-order valence-corrected chi connectivity index (χ2v) is 5.07. The van der Waals surface area contributed by atoms with Gasteiger partial charge in [-0.3, -0.25) is 4.79 Å². The predicted octanol–water partition coefficient (Wildman–Crippen LogP) is 0.805. The second kappa shape index (κ2) is 5.40. The molecule has 0 aromatic heterocycles. The minimum absolute atomic E-state index is 0.806. The van der Waals surface area contributed by atoms with Crippen molar-refractivity contribution in [2.45, 2.75) is 17.9 Å². The molecule has 0 aliphatic rings. The molecule has 1 aromatic rings. The molecule has 1 rings (SSSR count). The highest BCUT2D eigenvalue weighted by Gasteiger charge is 2.28. The lowest BCUT2D eigenvalue weighted by Crippen LogP contribution is -2.39. The zero-order chi connectivity index (χ0) is 13.9. The maximum Gasteiger partial charge on any atom is 0.323 e. The van der Waals surface area contributed by atoms with E-state index in [1.54, 1.807) is 0 Å². The molecule has 5 nitrogen and oxygen atoms in total. The van der Waals surface area contributed by atoms with Crippen molar-refractivity contribution in [1.82, 2.24) is 4.72 Å². The minimum Gasteiger partial charge on any atom is -0.468 e. The van der Waals surface area contributed by atoms with Gasteiger partial charge in [-0.25, -0.2) is 17.2 Å². The van der Waals surface area contributed by atoms with Crippen molar-refractivity contribution in [1.29, 1.82) is 0 Å². The van der Waals surface area contributed by atoms with Crippen molar-refractivity contribution >= 4 is 16.0 Å². The standard InChI is InChI=1S/C10H11F2NO4S/c1-6(10(14)17-2)13-18(15,16)9-7(11)4-3-5-8(9)12/h3-6,13H,1-2H3. The fourth-order valence-corrected chi connectivity index (χ4v) is 2.58. The normalized spacial score (nSPS) is 13.1. The van der Waals surface area contributed by atoms with Crippen LogP contribution in [0.4, 0.5) is 8.78 Å². The van der Waals surface area contributed by atoms with Crippen LogP contribution < -0.4 is 4.72 Å². The number of carbonyl (C=O) groups excluding carboxylic acids is 1. The molecule has 0 aliphatic heterocycles. The number of hydrogen-bond donors (Lipinski definition) is 1. The van der Waals surface area contributed by atoms with E-state index in [1.807, 2.05) is 4.72 Å². The van der Waals surface area contributed by atoms with E-state index in [1.165, 1.54) is 6.92 Å². The fraction of sp³-hybridized carbons (Fsp3) is 0.300. The van der Waals surface area contributed by atoms with E-state index in [9.17, 15) is 22.0 Å². The molecule has 100 valence electrons. The van der Waals surface area contributed by atoms with Gasteiger partial charge in [-0.15, -0.1) is 0 Å². The van der Waals surface area contributed by atoms with Gasteiger partial charge in [0.25, 0.3) is 0 Å². The SMILES string of the molecule is COC(=O)C(C)NS(=O)(=O)c1c(F)cccc1F. The lowest BCUT2D eigenvalue weighted by molar-refractivity contribution is -0.142. The van der Waals surface area contributed by atoms with Crippen LogP contribution in [-0.4, -0.2) is 27.5 Å². The number of hydrogen-bond acceptors (Lipinski definition) is 4. The Labute approximate surface area is 103 Å². The van der Waals surface area contributed by atoms with E-state index in [-0.39, 0.29) is 0 Å². The van der Waals surface area contributed by atoms with Crippen LogP contribution >= 0.6 is 0 Å². The van der Waals surface area contributed by atoms with Crippen molar-refractivity contribution in [3.05, 3.63) is 29.8 Å². The van der Waals surface area contributed by atoms with Gasteiger partial charge in [0.15, 0.2) is 4.90 Å². The summed E-state index contributed by atoms with van der Waals surface area (Å²) >= 11 is 0. The number of methoxy groups -OCH3 is 1. The van der Waals surface area contributed by atoms with Crippen LogP contribution in [0.3, 0.4) is 0 Å². The van der Waals surface area contributed by atoms with Gasteiger partial charge in [0.05, 0.1) is 7.11 Å². The summed E-state index contributed by atoms with van der Waals surface area (Å²) in [5.41, 5.74) is 0. The van der Waals surface area contributed by atoms with Gasteiger partial charge in [-0.05, 0) is 19.1 Å². The Morgan fingerprint density at radius 1 is 1.33 bits per heavy atom. The zero-order valence-electron chi connectivity index (χ0n) is 9.61. The molecule has 1 aromatic carbocycles. The molecule has 8 heteroatoms. The van der Waals surface area contributed by atoms with Gasteiger partial charge in [0.2, 0.25) is 10.0 Å². The predicted molar refractivity (Wildman–Crippen MR) is 58.2 cm³/mol. The maximum absolute atomic E-state index is 13.3. The summed E-state index contributed by atoms with van der Waals surface area (Å²) in [6.45, 7) is 1.20. The molecule has 1 unspecified atom stereocenters. The average molecular weight is 279 g/mol. The van der Waals surface area contributed by atoms with Crippen LogP contribution in [0.5, 0.6) is 0 Å². The molecule has 0 saturated heterocycles. The van der Waals surface area contributed by atoms with Crippen molar-refractivity contribution in [2.24, 2.45) is 0 Å². The van der Waals surface area contributed by atoms with Gasteiger partial charge in [0, 0.05) is 0 Å². The number of halogens is 2. The topological polar surface area (TPSA) is 72.5 Å². The monoisotopic (exact) mass is 279 g/mol. The van der Waals surface area contributed by atoms with Crippen molar-refractivity contribution < 1.29 is 26.7 Å². The molecule has 0 fully saturated rings. The largest absolute Gasteiger partial charge is 0.468 e. The van der Waals surface area contributed by atoms with Crippen LogP contribution in [0.25, 0.3) is 0 Å². The first-order valence-electron chi connectivity index (χ1n) is 4.83. The Morgan fingerprint density at radius 3 is 2.28 bits per heavy atom. The Morgan fingerprint density at radius 2 is 1.83 bits per heavy atom. The van der Waals surface area contributed by atoms with E-state index >= 15 is 0 Å². The van der Waals surface area contributed by atoms with E-state index in [0.717, 1.165) is 25.3 Å². The van der Waals surface area contributed by atoms with Gasteiger partial charge in [-0.1, -0.05) is 6.07 Å². The highest BCUT2D eigenvalue weighted by molar-refractivity contribution is 7.89. The Bertz CT molecular complexity index is 539. The molecular formula is C10H11F2NO4S. The zero-order valence-corrected chi connectivity index (χ0v) is 10.4. The van der Waals surface area contributed by atoms with Crippen LogP contribution in [0, 0.1) is 11.6 Å². The summed E-state index contributed by atoms with van der Waals surface area (Å²) in [7, 11) is -3.41. The van der Waals surface area contributed by atoms with E-state index in [0.29, 0.717) is 0 Å². The quantitative estimate of drug-likeness (QED) is 0.828. The molecule has 0 spiro atoms. The Balaban J connectivity index is 3.12. The first-order chi connectivity index (χ1) is 8.29. The number of rotatable bonds is 4. The van der Waals surface area contributed by atoms with Crippen LogP contribution in [0.2, 0.25) is 0 Å². The number of benzene rings is 1. The van der Waals surface area contributed by atoms with Crippen LogP contribution in [0.15, 0.2) is 23.1 Å². The van der Waals surface area contributed by atoms with E-state index in [4.69, 9.17) is 0 Å². The number of sulfonamides is 1. The Kier molecular flexibility index (Phi) is 4.36. The molecule has 0 aliphatic carbocycles. The lowest BCUT2D eigenvalue weighted by Gasteiger charge is -2.12. The third-order valence-electron chi connectivity index (χ3n) is 2.07. The van der Waals surface area contributed by atoms with Gasteiger partial charge >= 0.3 is 5.97 Å². The minimum atomic E-state index is -4.48. The number of ether oxygens (including phenoxy) is 1. The number of nitrogens with one attached hydrogen (secondary N) is 1. The third-order valence-corrected chi connectivity index (χ3v) is 3.67. The molecule has 0 radical (unpaired) electrons. The lowest BCUT2D eigenvalue weighted by atomic mass is 10.3. The smallest absolute Gasteiger partial charge is 0.323 e. The fourth-order valence-electron chi connectivity index (χ4n) is 1.26. The summed E-state index contributed by atoms with van der Waals surface area (Å²) in [5, 5.41) is 0. The van der Waals surface area contributed by atoms with Crippen LogP contribution in [-0.2, 0) is 19.6 Å². The molecular weight excluding hydrogens is 268 g/mol. The summed E-state index contributed by atoms with van der Waals surface area (Å²) in [6, 6.07) is 1.40. The second-order valence-electron chi connectivity index (χ2n) is 3.42. The van der Waals surface area contributed by atoms with Crippen molar-refractivity contribution in [3.63, 3.8) is 0 Å².